The van der Waals surface area contributed by atoms with Gasteiger partial charge in [0.2, 0.25) is 11.8 Å². The van der Waals surface area contributed by atoms with Gasteiger partial charge in [0.25, 0.3) is 0 Å². The van der Waals surface area contributed by atoms with Gasteiger partial charge in [-0.3, -0.25) is 18.4 Å². The van der Waals surface area contributed by atoms with Gasteiger partial charge in [-0.2, -0.15) is 9.97 Å². The minimum Gasteiger partial charge on any atom is -0.479 e. The first kappa shape index (κ1) is 32.6. The van der Waals surface area contributed by atoms with E-state index in [9.17, 15) is 24.4 Å². The number of rotatable bonds is 14. The van der Waals surface area contributed by atoms with Crippen LogP contribution < -0.4 is 15.6 Å². The van der Waals surface area contributed by atoms with Gasteiger partial charge in [-0.25, -0.2) is 19.4 Å². The number of hydrogen-bond acceptors (Lipinski definition) is 15. The van der Waals surface area contributed by atoms with Gasteiger partial charge in [-0.1, -0.05) is 13.8 Å². The Bertz CT molecular complexity index is 1260. The van der Waals surface area contributed by atoms with Crippen molar-refractivity contribution in [1.29, 1.82) is 0 Å². The zero-order valence-electron chi connectivity index (χ0n) is 23.6. The molecule has 230 valence electrons. The van der Waals surface area contributed by atoms with Gasteiger partial charge in [-0.15, -0.1) is 0 Å². The number of esters is 2. The highest BCUT2D eigenvalue weighted by atomic mass is 31.2. The number of methoxy groups -OCH3 is 2. The molecule has 6 atom stereocenters. The van der Waals surface area contributed by atoms with Gasteiger partial charge >= 0.3 is 19.7 Å². The molecule has 0 aromatic carbocycles. The fourth-order valence-corrected chi connectivity index (χ4v) is 5.42. The summed E-state index contributed by atoms with van der Waals surface area (Å²) in [7, 11) is -1.94. The molecule has 1 aliphatic heterocycles. The highest BCUT2D eigenvalue weighted by Gasteiger charge is 2.46. The van der Waals surface area contributed by atoms with Crippen molar-refractivity contribution >= 4 is 36.8 Å². The topological polar surface area (TPSA) is 229 Å². The van der Waals surface area contributed by atoms with Crippen molar-refractivity contribution in [1.82, 2.24) is 24.6 Å². The number of fused-ring (bicyclic) bond motifs is 1. The van der Waals surface area contributed by atoms with Crippen LogP contribution in [-0.4, -0.2) is 99.6 Å². The first-order valence-corrected chi connectivity index (χ1v) is 14.3. The second-order valence-electron chi connectivity index (χ2n) is 9.90. The van der Waals surface area contributed by atoms with Crippen LogP contribution >= 0.6 is 7.75 Å². The quantitative estimate of drug-likeness (QED) is 0.168. The fourth-order valence-electron chi connectivity index (χ4n) is 3.99. The van der Waals surface area contributed by atoms with Crippen LogP contribution in [0.15, 0.2) is 6.33 Å². The Labute approximate surface area is 236 Å². The average molecular weight is 605 g/mol. The Hall–Kier alpha value is -2.92. The second-order valence-corrected chi connectivity index (χ2v) is 11.7. The normalized spacial score (nSPS) is 23.1. The second kappa shape index (κ2) is 13.8. The predicted molar refractivity (Wildman–Crippen MR) is 141 cm³/mol. The predicted octanol–water partition coefficient (Wildman–Crippen LogP) is 0.307. The van der Waals surface area contributed by atoms with Gasteiger partial charge in [-0.05, 0) is 26.2 Å². The highest BCUT2D eigenvalue weighted by molar-refractivity contribution is 7.51. The lowest BCUT2D eigenvalue weighted by Crippen LogP contribution is -2.40. The van der Waals surface area contributed by atoms with Crippen LogP contribution in [0.1, 0.15) is 40.3 Å². The molecule has 0 radical (unpaired) electrons. The Morgan fingerprint density at radius 3 is 2.49 bits per heavy atom. The van der Waals surface area contributed by atoms with Crippen LogP contribution in [0.5, 0.6) is 5.88 Å². The van der Waals surface area contributed by atoms with Gasteiger partial charge in [0.05, 0.1) is 33.3 Å². The molecule has 0 amide bonds. The molecule has 0 saturated carbocycles. The summed E-state index contributed by atoms with van der Waals surface area (Å²) in [6.45, 7) is 5.66. The van der Waals surface area contributed by atoms with Crippen LogP contribution in [0.4, 0.5) is 5.95 Å². The summed E-state index contributed by atoms with van der Waals surface area (Å²) in [5, 5.41) is 24.0. The number of carbonyl (C=O) groups is 2. The molecule has 3 heterocycles. The standard InChI is InChI=1S/C23H37N6O11P/c1-11(2)7-13(22(33)39-12(3)4)28-41(34,38-9-15(30)35-5)37-8-14-17(31)18(32)21(40-14)29-10-25-16-19(29)26-23(24)27-20(16)36-6/h10-14,17-18,21,31-32H,7-9H2,1-6H3,(H,28,34)(H2,24,26,27)/t13-,14+,17-,18?,21?,41?/m0/s1. The number of nitrogens with one attached hydrogen (secondary N) is 1. The fraction of sp³-hybridized carbons (Fsp3) is 0.696. The Kier molecular flexibility index (Phi) is 11.0. The first-order chi connectivity index (χ1) is 19.3. The highest BCUT2D eigenvalue weighted by Crippen LogP contribution is 2.46. The van der Waals surface area contributed by atoms with Gasteiger partial charge in [0.1, 0.15) is 24.4 Å². The molecule has 0 bridgehead atoms. The van der Waals surface area contributed by atoms with E-state index < -0.39 is 69.6 Å². The van der Waals surface area contributed by atoms with Crippen LogP contribution in [0.3, 0.4) is 0 Å². The molecule has 2 aromatic rings. The number of nitrogens with zero attached hydrogens (tertiary/aromatic N) is 4. The van der Waals surface area contributed by atoms with E-state index >= 15 is 0 Å². The Balaban J connectivity index is 1.81. The van der Waals surface area contributed by atoms with Crippen molar-refractivity contribution < 1.29 is 52.4 Å². The molecule has 1 aliphatic rings. The molecule has 41 heavy (non-hydrogen) atoms. The molecular formula is C23H37N6O11P. The third-order valence-corrected chi connectivity index (χ3v) is 7.44. The number of ether oxygens (including phenoxy) is 4. The van der Waals surface area contributed by atoms with Gasteiger partial charge < -0.3 is 34.9 Å². The number of aliphatic hydroxyl groups excluding tert-OH is 2. The van der Waals surface area contributed by atoms with Crippen LogP contribution in [-0.2, 0) is 37.4 Å². The third kappa shape index (κ3) is 8.09. The van der Waals surface area contributed by atoms with Crippen molar-refractivity contribution in [2.24, 2.45) is 5.92 Å². The van der Waals surface area contributed by atoms with Crippen molar-refractivity contribution in [3.8, 4) is 5.88 Å². The lowest BCUT2D eigenvalue weighted by atomic mass is 10.0. The van der Waals surface area contributed by atoms with Crippen molar-refractivity contribution in [2.75, 3.05) is 33.2 Å². The number of aromatic nitrogens is 4. The maximum Gasteiger partial charge on any atom is 0.406 e. The summed E-state index contributed by atoms with van der Waals surface area (Å²) < 4.78 is 46.6. The molecule has 5 N–H and O–H groups in total. The zero-order valence-corrected chi connectivity index (χ0v) is 24.5. The molecule has 1 fully saturated rings. The summed E-state index contributed by atoms with van der Waals surface area (Å²) in [6.07, 6.45) is -4.42. The van der Waals surface area contributed by atoms with E-state index in [1.807, 2.05) is 13.8 Å². The summed E-state index contributed by atoms with van der Waals surface area (Å²) in [4.78, 5) is 36.7. The number of anilines is 1. The largest absolute Gasteiger partial charge is 0.479 e. The van der Waals surface area contributed by atoms with E-state index in [-0.39, 0.29) is 35.3 Å². The lowest BCUT2D eigenvalue weighted by molar-refractivity contribution is -0.150. The molecular weight excluding hydrogens is 567 g/mol. The molecule has 0 aliphatic carbocycles. The third-order valence-electron chi connectivity index (χ3n) is 5.86. The monoisotopic (exact) mass is 604 g/mol. The molecule has 1 saturated heterocycles. The minimum absolute atomic E-state index is 0.0290. The van der Waals surface area contributed by atoms with E-state index in [0.29, 0.717) is 0 Å². The number of carbonyl (C=O) groups excluding carboxylic acids is 2. The lowest BCUT2D eigenvalue weighted by Gasteiger charge is -2.26. The first-order valence-electron chi connectivity index (χ1n) is 12.8. The molecule has 18 heteroatoms. The molecule has 2 aromatic heterocycles. The van der Waals surface area contributed by atoms with Crippen molar-refractivity contribution in [3.63, 3.8) is 0 Å². The number of nitrogens with two attached hydrogens (primary N) is 1. The maximum absolute atomic E-state index is 13.7. The SMILES string of the molecule is COC(=O)COP(=O)(N[C@@H](CC(C)C)C(=O)OC(C)C)OC[C@H]1OC(n2cnc3c(OC)nc(N)nc32)C(O)[C@H]1O. The number of imidazole rings is 1. The Morgan fingerprint density at radius 2 is 1.88 bits per heavy atom. The van der Waals surface area contributed by atoms with E-state index in [1.165, 1.54) is 18.0 Å². The van der Waals surface area contributed by atoms with Crippen LogP contribution in [0.25, 0.3) is 11.2 Å². The maximum atomic E-state index is 13.7. The van der Waals surface area contributed by atoms with Gasteiger partial charge in [0.15, 0.2) is 24.0 Å². The van der Waals surface area contributed by atoms with E-state index in [2.05, 4.69) is 24.8 Å². The summed E-state index contributed by atoms with van der Waals surface area (Å²) in [6, 6.07) is -1.12. The summed E-state index contributed by atoms with van der Waals surface area (Å²) in [5.41, 5.74) is 6.16. The smallest absolute Gasteiger partial charge is 0.406 e. The van der Waals surface area contributed by atoms with E-state index in [0.717, 1.165) is 7.11 Å². The van der Waals surface area contributed by atoms with Crippen molar-refractivity contribution in [3.05, 3.63) is 6.33 Å². The van der Waals surface area contributed by atoms with E-state index in [1.54, 1.807) is 13.8 Å². The number of nitrogen functional groups attached to an aromatic ring is 1. The summed E-state index contributed by atoms with van der Waals surface area (Å²) >= 11 is 0. The molecule has 3 unspecified atom stereocenters. The van der Waals surface area contributed by atoms with Crippen LogP contribution in [0.2, 0.25) is 0 Å². The zero-order chi connectivity index (χ0) is 30.5. The number of hydrogen-bond donors (Lipinski definition) is 4. The van der Waals surface area contributed by atoms with Gasteiger partial charge in [0, 0.05) is 0 Å². The van der Waals surface area contributed by atoms with E-state index in [4.69, 9.17) is 29.0 Å². The summed E-state index contributed by atoms with van der Waals surface area (Å²) in [5.74, 6) is -1.60. The molecule has 0 spiro atoms. The Morgan fingerprint density at radius 1 is 1.17 bits per heavy atom. The average Bonchev–Trinajstić information content (AvgIpc) is 3.44. The van der Waals surface area contributed by atoms with Crippen molar-refractivity contribution in [2.45, 2.75) is 70.8 Å². The van der Waals surface area contributed by atoms with Crippen LogP contribution in [0, 0.1) is 5.92 Å². The number of aliphatic hydroxyl groups is 2. The minimum atomic E-state index is -4.43. The molecule has 17 nitrogen and oxygen atoms in total. The molecule has 3 rings (SSSR count).